The van der Waals surface area contributed by atoms with Gasteiger partial charge in [-0.15, -0.1) is 11.3 Å². The van der Waals surface area contributed by atoms with Crippen LogP contribution in [0, 0.1) is 13.8 Å². The summed E-state index contributed by atoms with van der Waals surface area (Å²) in [7, 11) is 1.92. The molecule has 0 saturated carbocycles. The first-order chi connectivity index (χ1) is 11.5. The second-order valence-electron chi connectivity index (χ2n) is 6.48. The predicted molar refractivity (Wildman–Crippen MR) is 96.6 cm³/mol. The fourth-order valence-corrected chi connectivity index (χ4v) is 4.45. The SMILES string of the molecule is Cc1nn(C)c(C)c1[C@@H](C)NC(=O)Nc1nc2c(s1)CCCCC2. The number of thiazole rings is 1. The van der Waals surface area contributed by atoms with E-state index in [4.69, 9.17) is 0 Å². The van der Waals surface area contributed by atoms with Crippen LogP contribution < -0.4 is 10.6 Å². The first-order valence-electron chi connectivity index (χ1n) is 8.52. The molecule has 2 aromatic heterocycles. The first kappa shape index (κ1) is 17.0. The summed E-state index contributed by atoms with van der Waals surface area (Å²) in [4.78, 5) is 18.3. The molecule has 0 fully saturated rings. The molecular formula is C17H25N5OS. The minimum Gasteiger partial charge on any atom is -0.331 e. The van der Waals surface area contributed by atoms with Crippen molar-refractivity contribution in [2.75, 3.05) is 5.32 Å². The van der Waals surface area contributed by atoms with Crippen molar-refractivity contribution in [1.82, 2.24) is 20.1 Å². The third-order valence-corrected chi connectivity index (χ3v) is 5.73. The molecule has 1 aliphatic carbocycles. The van der Waals surface area contributed by atoms with E-state index >= 15 is 0 Å². The second kappa shape index (κ2) is 6.93. The van der Waals surface area contributed by atoms with Crippen molar-refractivity contribution < 1.29 is 4.79 Å². The number of carbonyl (C=O) groups excluding carboxylic acids is 1. The smallest absolute Gasteiger partial charge is 0.321 e. The summed E-state index contributed by atoms with van der Waals surface area (Å²) in [5.74, 6) is 0. The van der Waals surface area contributed by atoms with Gasteiger partial charge in [0.05, 0.1) is 17.4 Å². The fourth-order valence-electron chi connectivity index (χ4n) is 3.40. The molecular weight excluding hydrogens is 322 g/mol. The third-order valence-electron chi connectivity index (χ3n) is 4.66. The molecule has 2 amide bonds. The lowest BCUT2D eigenvalue weighted by Gasteiger charge is -2.14. The largest absolute Gasteiger partial charge is 0.331 e. The van der Waals surface area contributed by atoms with Crippen LogP contribution in [0.2, 0.25) is 0 Å². The van der Waals surface area contributed by atoms with Crippen LogP contribution in [0.15, 0.2) is 0 Å². The Hall–Kier alpha value is -1.89. The second-order valence-corrected chi connectivity index (χ2v) is 7.56. The number of anilines is 1. The molecule has 0 aromatic carbocycles. The molecule has 0 unspecified atom stereocenters. The van der Waals surface area contributed by atoms with Gasteiger partial charge in [0.25, 0.3) is 0 Å². The molecule has 0 spiro atoms. The van der Waals surface area contributed by atoms with Crippen molar-refractivity contribution in [3.8, 4) is 0 Å². The van der Waals surface area contributed by atoms with Crippen molar-refractivity contribution in [3.05, 3.63) is 27.5 Å². The van der Waals surface area contributed by atoms with Gasteiger partial charge in [-0.05, 0) is 46.5 Å². The average Bonchev–Trinajstić information content (AvgIpc) is 2.90. The molecule has 2 N–H and O–H groups in total. The highest BCUT2D eigenvalue weighted by Crippen LogP contribution is 2.29. The van der Waals surface area contributed by atoms with Crippen molar-refractivity contribution in [2.24, 2.45) is 7.05 Å². The fraction of sp³-hybridized carbons (Fsp3) is 0.588. The van der Waals surface area contributed by atoms with Gasteiger partial charge >= 0.3 is 6.03 Å². The molecule has 1 aliphatic rings. The predicted octanol–water partition coefficient (Wildman–Crippen LogP) is 3.65. The number of hydrogen-bond acceptors (Lipinski definition) is 4. The van der Waals surface area contributed by atoms with E-state index in [0.717, 1.165) is 29.8 Å². The minimum atomic E-state index is -0.214. The molecule has 130 valence electrons. The number of nitrogens with zero attached hydrogens (tertiary/aromatic N) is 3. The van der Waals surface area contributed by atoms with Crippen molar-refractivity contribution in [3.63, 3.8) is 0 Å². The van der Waals surface area contributed by atoms with E-state index in [1.807, 2.05) is 32.5 Å². The zero-order valence-corrected chi connectivity index (χ0v) is 15.6. The van der Waals surface area contributed by atoms with Crippen LogP contribution >= 0.6 is 11.3 Å². The van der Waals surface area contributed by atoms with E-state index in [2.05, 4.69) is 20.7 Å². The van der Waals surface area contributed by atoms with Crippen LogP contribution in [-0.2, 0) is 19.9 Å². The molecule has 1 atom stereocenters. The molecule has 0 aliphatic heterocycles. The van der Waals surface area contributed by atoms with Crippen molar-refractivity contribution >= 4 is 22.5 Å². The van der Waals surface area contributed by atoms with Gasteiger partial charge in [-0.2, -0.15) is 5.10 Å². The van der Waals surface area contributed by atoms with Crippen LogP contribution in [-0.4, -0.2) is 20.8 Å². The Morgan fingerprint density at radius 2 is 2.00 bits per heavy atom. The Bertz CT molecular complexity index is 725. The molecule has 2 heterocycles. The van der Waals surface area contributed by atoms with Gasteiger partial charge in [0.2, 0.25) is 0 Å². The number of rotatable bonds is 3. The topological polar surface area (TPSA) is 71.8 Å². The number of aryl methyl sites for hydroxylation is 4. The lowest BCUT2D eigenvalue weighted by molar-refractivity contribution is 0.249. The zero-order chi connectivity index (χ0) is 17.3. The van der Waals surface area contributed by atoms with E-state index < -0.39 is 0 Å². The summed E-state index contributed by atoms with van der Waals surface area (Å²) in [6.45, 7) is 5.97. The Kier molecular flexibility index (Phi) is 4.89. The maximum Gasteiger partial charge on any atom is 0.321 e. The molecule has 7 heteroatoms. The van der Waals surface area contributed by atoms with Crippen LogP contribution in [0.4, 0.5) is 9.93 Å². The van der Waals surface area contributed by atoms with E-state index in [9.17, 15) is 4.79 Å². The van der Waals surface area contributed by atoms with Gasteiger partial charge in [-0.1, -0.05) is 6.42 Å². The van der Waals surface area contributed by atoms with Crippen molar-refractivity contribution in [2.45, 2.75) is 58.9 Å². The number of urea groups is 1. The highest BCUT2D eigenvalue weighted by atomic mass is 32.1. The van der Waals surface area contributed by atoms with Gasteiger partial charge in [0.1, 0.15) is 0 Å². The Balaban J connectivity index is 1.65. The number of fused-ring (bicyclic) bond motifs is 1. The van der Waals surface area contributed by atoms with Gasteiger partial charge in [0.15, 0.2) is 5.13 Å². The molecule has 0 bridgehead atoms. The summed E-state index contributed by atoms with van der Waals surface area (Å²) < 4.78 is 1.85. The lowest BCUT2D eigenvalue weighted by Crippen LogP contribution is -2.31. The summed E-state index contributed by atoms with van der Waals surface area (Å²) >= 11 is 1.61. The maximum atomic E-state index is 12.3. The summed E-state index contributed by atoms with van der Waals surface area (Å²) in [5, 5.41) is 11.0. The van der Waals surface area contributed by atoms with Gasteiger partial charge in [-0.3, -0.25) is 10.00 Å². The molecule has 0 radical (unpaired) electrons. The van der Waals surface area contributed by atoms with Crippen LogP contribution in [0.3, 0.4) is 0 Å². The monoisotopic (exact) mass is 347 g/mol. The number of carbonyl (C=O) groups is 1. The lowest BCUT2D eigenvalue weighted by atomic mass is 10.1. The van der Waals surface area contributed by atoms with E-state index in [1.165, 1.54) is 29.8 Å². The summed E-state index contributed by atoms with van der Waals surface area (Å²) in [6.07, 6.45) is 5.80. The number of amides is 2. The maximum absolute atomic E-state index is 12.3. The molecule has 2 aromatic rings. The molecule has 24 heavy (non-hydrogen) atoms. The summed E-state index contributed by atoms with van der Waals surface area (Å²) in [6, 6.07) is -0.314. The van der Waals surface area contributed by atoms with Gasteiger partial charge in [-0.25, -0.2) is 9.78 Å². The number of nitrogens with one attached hydrogen (secondary N) is 2. The van der Waals surface area contributed by atoms with E-state index in [1.54, 1.807) is 11.3 Å². The first-order valence-corrected chi connectivity index (χ1v) is 9.33. The minimum absolute atomic E-state index is 0.100. The third kappa shape index (κ3) is 3.45. The highest BCUT2D eigenvalue weighted by Gasteiger charge is 2.19. The molecule has 3 rings (SSSR count). The van der Waals surface area contributed by atoms with Crippen molar-refractivity contribution in [1.29, 1.82) is 0 Å². The molecule has 6 nitrogen and oxygen atoms in total. The van der Waals surface area contributed by atoms with Crippen LogP contribution in [0.25, 0.3) is 0 Å². The quantitative estimate of drug-likeness (QED) is 0.833. The van der Waals surface area contributed by atoms with Crippen LogP contribution in [0.5, 0.6) is 0 Å². The number of hydrogen-bond donors (Lipinski definition) is 2. The van der Waals surface area contributed by atoms with E-state index in [-0.39, 0.29) is 12.1 Å². The normalized spacial score (nSPS) is 15.5. The van der Waals surface area contributed by atoms with Gasteiger partial charge in [0, 0.05) is 23.2 Å². The Morgan fingerprint density at radius 1 is 1.25 bits per heavy atom. The van der Waals surface area contributed by atoms with Crippen LogP contribution in [0.1, 0.15) is 59.8 Å². The highest BCUT2D eigenvalue weighted by molar-refractivity contribution is 7.15. The summed E-state index contributed by atoms with van der Waals surface area (Å²) in [5.41, 5.74) is 4.26. The Labute approximate surface area is 146 Å². The Morgan fingerprint density at radius 3 is 2.71 bits per heavy atom. The van der Waals surface area contributed by atoms with Gasteiger partial charge < -0.3 is 5.32 Å². The standard InChI is InChI=1S/C17H25N5OS/c1-10(15-11(2)21-22(4)12(15)3)18-16(23)20-17-19-13-8-6-5-7-9-14(13)24-17/h10H,5-9H2,1-4H3,(H2,18,19,20,23)/t10-/m1/s1. The average molecular weight is 347 g/mol. The number of aromatic nitrogens is 3. The van der Waals surface area contributed by atoms with E-state index in [0.29, 0.717) is 5.13 Å². The zero-order valence-electron chi connectivity index (χ0n) is 14.8. The molecule has 0 saturated heterocycles.